The van der Waals surface area contributed by atoms with Crippen molar-refractivity contribution in [3.63, 3.8) is 0 Å². The second-order valence-electron chi connectivity index (χ2n) is 5.15. The van der Waals surface area contributed by atoms with Crippen LogP contribution in [0.1, 0.15) is 5.56 Å². The Balaban J connectivity index is 1.57. The van der Waals surface area contributed by atoms with Gasteiger partial charge < -0.3 is 19.5 Å². The number of aromatic nitrogens is 1. The fourth-order valence-corrected chi connectivity index (χ4v) is 2.38. The lowest BCUT2D eigenvalue weighted by Crippen LogP contribution is -2.44. The number of piperazine rings is 1. The molecule has 106 valence electrons. The minimum absolute atomic E-state index is 0.563. The molecule has 0 spiro atoms. The molecule has 20 heavy (non-hydrogen) atoms. The van der Waals surface area contributed by atoms with Gasteiger partial charge >= 0.3 is 0 Å². The van der Waals surface area contributed by atoms with Gasteiger partial charge in [0.05, 0.1) is 6.20 Å². The number of oxazole rings is 1. The number of hydrogen-bond acceptors (Lipinski definition) is 5. The minimum atomic E-state index is 0.563. The molecule has 2 heterocycles. The largest absolute Gasteiger partial charge is 0.432 e. The zero-order valence-electron chi connectivity index (χ0n) is 11.7. The summed E-state index contributed by atoms with van der Waals surface area (Å²) in [5, 5.41) is 3.15. The summed E-state index contributed by atoms with van der Waals surface area (Å²) in [5.74, 6) is 0. The van der Waals surface area contributed by atoms with Gasteiger partial charge in [0.1, 0.15) is 6.26 Å². The molecule has 0 saturated carbocycles. The van der Waals surface area contributed by atoms with Gasteiger partial charge in [-0.2, -0.15) is 0 Å². The smallest absolute Gasteiger partial charge is 0.294 e. The Morgan fingerprint density at radius 1 is 1.15 bits per heavy atom. The molecule has 0 atom stereocenters. The quantitative estimate of drug-likeness (QED) is 0.922. The van der Waals surface area contributed by atoms with E-state index in [0.717, 1.165) is 32.7 Å². The zero-order valence-corrected chi connectivity index (χ0v) is 11.7. The molecule has 1 aromatic heterocycles. The fourth-order valence-electron chi connectivity index (χ4n) is 2.38. The first-order valence-corrected chi connectivity index (χ1v) is 6.97. The Kier molecular flexibility index (Phi) is 3.87. The third-order valence-electron chi connectivity index (χ3n) is 3.68. The topological polar surface area (TPSA) is 44.5 Å². The van der Waals surface area contributed by atoms with Gasteiger partial charge in [-0.25, -0.2) is 4.98 Å². The van der Waals surface area contributed by atoms with Crippen LogP contribution in [0.2, 0.25) is 0 Å². The lowest BCUT2D eigenvalue weighted by Gasteiger charge is -2.34. The molecule has 3 rings (SSSR count). The second kappa shape index (κ2) is 5.96. The van der Waals surface area contributed by atoms with E-state index in [-0.39, 0.29) is 0 Å². The Hall–Kier alpha value is -2.01. The second-order valence-corrected chi connectivity index (χ2v) is 5.15. The minimum Gasteiger partial charge on any atom is -0.432 e. The Labute approximate surface area is 119 Å². The number of anilines is 2. The van der Waals surface area contributed by atoms with E-state index >= 15 is 0 Å². The molecular formula is C15H20N4O. The SMILES string of the molecule is CN1CCN(c2ccc(CNc3ncco3)cc2)CC1. The fraction of sp³-hybridized carbons (Fsp3) is 0.400. The first-order valence-electron chi connectivity index (χ1n) is 6.97. The highest BCUT2D eigenvalue weighted by molar-refractivity contribution is 5.48. The summed E-state index contributed by atoms with van der Waals surface area (Å²) in [5.41, 5.74) is 2.53. The van der Waals surface area contributed by atoms with E-state index in [9.17, 15) is 0 Å². The van der Waals surface area contributed by atoms with Crippen molar-refractivity contribution < 1.29 is 4.42 Å². The number of likely N-dealkylation sites (N-methyl/N-ethyl adjacent to an activating group) is 1. The maximum atomic E-state index is 5.15. The van der Waals surface area contributed by atoms with E-state index in [0.29, 0.717) is 6.01 Å². The highest BCUT2D eigenvalue weighted by atomic mass is 16.4. The zero-order chi connectivity index (χ0) is 13.8. The molecule has 1 aromatic carbocycles. The van der Waals surface area contributed by atoms with Crippen LogP contribution < -0.4 is 10.2 Å². The molecule has 1 aliphatic rings. The lowest BCUT2D eigenvalue weighted by atomic mass is 10.2. The third kappa shape index (κ3) is 3.11. The normalized spacial score (nSPS) is 16.4. The first kappa shape index (κ1) is 13.0. The molecule has 0 radical (unpaired) electrons. The molecule has 2 aromatic rings. The molecule has 0 amide bonds. The van der Waals surface area contributed by atoms with Crippen molar-refractivity contribution in [3.05, 3.63) is 42.3 Å². The van der Waals surface area contributed by atoms with Gasteiger partial charge in [0, 0.05) is 38.4 Å². The van der Waals surface area contributed by atoms with Crippen LogP contribution in [0.4, 0.5) is 11.7 Å². The van der Waals surface area contributed by atoms with E-state index in [1.54, 1.807) is 12.5 Å². The van der Waals surface area contributed by atoms with Crippen molar-refractivity contribution in [1.29, 1.82) is 0 Å². The number of nitrogens with one attached hydrogen (secondary N) is 1. The maximum absolute atomic E-state index is 5.15. The average molecular weight is 272 g/mol. The Morgan fingerprint density at radius 2 is 1.90 bits per heavy atom. The molecule has 5 heteroatoms. The van der Waals surface area contributed by atoms with Crippen LogP contribution in [0.3, 0.4) is 0 Å². The molecule has 0 aliphatic carbocycles. The van der Waals surface area contributed by atoms with Crippen molar-refractivity contribution in [1.82, 2.24) is 9.88 Å². The summed E-state index contributed by atoms with van der Waals surface area (Å²) in [6, 6.07) is 9.26. The van der Waals surface area contributed by atoms with Crippen LogP contribution >= 0.6 is 0 Å². The molecule has 0 unspecified atom stereocenters. The summed E-state index contributed by atoms with van der Waals surface area (Å²) in [6.07, 6.45) is 3.21. The van der Waals surface area contributed by atoms with Crippen LogP contribution in [0.15, 0.2) is 41.1 Å². The van der Waals surface area contributed by atoms with Crippen molar-refractivity contribution >= 4 is 11.7 Å². The van der Waals surface area contributed by atoms with Crippen LogP contribution in [-0.2, 0) is 6.54 Å². The van der Waals surface area contributed by atoms with Crippen LogP contribution in [0.25, 0.3) is 0 Å². The van der Waals surface area contributed by atoms with Crippen LogP contribution in [0.5, 0.6) is 0 Å². The van der Waals surface area contributed by atoms with Gasteiger partial charge in [0.15, 0.2) is 0 Å². The first-order chi connectivity index (χ1) is 9.81. The number of nitrogens with zero attached hydrogens (tertiary/aromatic N) is 3. The van der Waals surface area contributed by atoms with Gasteiger partial charge in [-0.15, -0.1) is 0 Å². The Bertz CT molecular complexity index is 515. The van der Waals surface area contributed by atoms with Gasteiger partial charge in [0.2, 0.25) is 0 Å². The number of rotatable bonds is 4. The van der Waals surface area contributed by atoms with Crippen LogP contribution in [-0.4, -0.2) is 43.1 Å². The lowest BCUT2D eigenvalue weighted by molar-refractivity contribution is 0.313. The standard InChI is InChI=1S/C15H20N4O/c1-18-7-9-19(10-8-18)14-4-2-13(3-5-14)12-17-15-16-6-11-20-15/h2-6,11H,7-10,12H2,1H3,(H,16,17). The predicted octanol–water partition coefficient (Wildman–Crippen LogP) is 2.04. The average Bonchev–Trinajstić information content (AvgIpc) is 3.00. The van der Waals surface area contributed by atoms with Gasteiger partial charge in [-0.3, -0.25) is 0 Å². The van der Waals surface area contributed by atoms with Crippen molar-refractivity contribution in [2.24, 2.45) is 0 Å². The summed E-state index contributed by atoms with van der Waals surface area (Å²) >= 11 is 0. The Morgan fingerprint density at radius 3 is 2.55 bits per heavy atom. The summed E-state index contributed by atoms with van der Waals surface area (Å²) in [7, 11) is 2.18. The van der Waals surface area contributed by atoms with Crippen LogP contribution in [0, 0.1) is 0 Å². The summed E-state index contributed by atoms with van der Waals surface area (Å²) < 4.78 is 5.15. The van der Waals surface area contributed by atoms with Crippen molar-refractivity contribution in [2.75, 3.05) is 43.4 Å². The van der Waals surface area contributed by atoms with Crippen molar-refractivity contribution in [3.8, 4) is 0 Å². The molecule has 1 aliphatic heterocycles. The number of hydrogen-bond donors (Lipinski definition) is 1. The highest BCUT2D eigenvalue weighted by Gasteiger charge is 2.13. The summed E-state index contributed by atoms with van der Waals surface area (Å²) in [4.78, 5) is 8.84. The molecule has 1 fully saturated rings. The van der Waals surface area contributed by atoms with E-state index in [4.69, 9.17) is 4.42 Å². The van der Waals surface area contributed by atoms with E-state index in [1.165, 1.54) is 11.3 Å². The molecule has 1 N–H and O–H groups in total. The predicted molar refractivity (Wildman–Crippen MR) is 80.0 cm³/mol. The highest BCUT2D eigenvalue weighted by Crippen LogP contribution is 2.17. The molecular weight excluding hydrogens is 252 g/mol. The van der Waals surface area contributed by atoms with Crippen molar-refractivity contribution in [2.45, 2.75) is 6.54 Å². The molecule has 1 saturated heterocycles. The van der Waals surface area contributed by atoms with Gasteiger partial charge in [-0.05, 0) is 24.7 Å². The van der Waals surface area contributed by atoms with Gasteiger partial charge in [-0.1, -0.05) is 12.1 Å². The van der Waals surface area contributed by atoms with E-state index in [1.807, 2.05) is 0 Å². The van der Waals surface area contributed by atoms with E-state index in [2.05, 4.69) is 51.4 Å². The monoisotopic (exact) mass is 272 g/mol. The van der Waals surface area contributed by atoms with Gasteiger partial charge in [0.25, 0.3) is 6.01 Å². The third-order valence-corrected chi connectivity index (χ3v) is 3.68. The van der Waals surface area contributed by atoms with E-state index < -0.39 is 0 Å². The molecule has 5 nitrogen and oxygen atoms in total. The number of benzene rings is 1. The summed E-state index contributed by atoms with van der Waals surface area (Å²) in [6.45, 7) is 5.19. The maximum Gasteiger partial charge on any atom is 0.294 e. The molecule has 0 bridgehead atoms.